The van der Waals surface area contributed by atoms with E-state index in [0.717, 1.165) is 0 Å². The molecule has 0 aromatic heterocycles. The molecular weight excluding hydrogens is 415 g/mol. The van der Waals surface area contributed by atoms with Crippen molar-refractivity contribution in [1.82, 2.24) is 10.9 Å². The zero-order valence-corrected chi connectivity index (χ0v) is 16.4. The van der Waals surface area contributed by atoms with Crippen molar-refractivity contribution in [3.63, 3.8) is 0 Å². The Balaban J connectivity index is 1.60. The SMILES string of the molecule is O=C(CCCOc1ccc(Cl)cc1Cl)NNC(=O)COc1ccccc1Cl. The van der Waals surface area contributed by atoms with Gasteiger partial charge in [-0.25, -0.2) is 0 Å². The number of nitrogens with one attached hydrogen (secondary N) is 2. The third-order valence-corrected chi connectivity index (χ3v) is 4.08. The molecule has 144 valence electrons. The number of carbonyl (C=O) groups excluding carboxylic acids is 2. The van der Waals surface area contributed by atoms with Crippen LogP contribution in [0.2, 0.25) is 15.1 Å². The topological polar surface area (TPSA) is 76.7 Å². The summed E-state index contributed by atoms with van der Waals surface area (Å²) < 4.78 is 10.7. The van der Waals surface area contributed by atoms with Gasteiger partial charge in [-0.1, -0.05) is 46.9 Å². The van der Waals surface area contributed by atoms with Crippen LogP contribution in [0.1, 0.15) is 12.8 Å². The minimum Gasteiger partial charge on any atom is -0.492 e. The van der Waals surface area contributed by atoms with Crippen LogP contribution in [0, 0.1) is 0 Å². The molecule has 0 heterocycles. The summed E-state index contributed by atoms with van der Waals surface area (Å²) in [6, 6.07) is 11.7. The third-order valence-electron chi connectivity index (χ3n) is 3.24. The fourth-order valence-electron chi connectivity index (χ4n) is 1.95. The molecule has 2 aromatic rings. The average molecular weight is 432 g/mol. The van der Waals surface area contributed by atoms with Gasteiger partial charge in [-0.2, -0.15) is 0 Å². The molecule has 0 saturated carbocycles. The Morgan fingerprint density at radius 3 is 2.30 bits per heavy atom. The first-order valence-corrected chi connectivity index (χ1v) is 9.12. The van der Waals surface area contributed by atoms with E-state index < -0.39 is 5.91 Å². The number of halogens is 3. The monoisotopic (exact) mass is 430 g/mol. The average Bonchev–Trinajstić information content (AvgIpc) is 2.64. The molecule has 2 amide bonds. The molecule has 0 bridgehead atoms. The smallest absolute Gasteiger partial charge is 0.276 e. The fourth-order valence-corrected chi connectivity index (χ4v) is 2.60. The van der Waals surface area contributed by atoms with Crippen molar-refractivity contribution >= 4 is 46.6 Å². The summed E-state index contributed by atoms with van der Waals surface area (Å²) >= 11 is 17.7. The van der Waals surface area contributed by atoms with Gasteiger partial charge in [-0.15, -0.1) is 0 Å². The highest BCUT2D eigenvalue weighted by atomic mass is 35.5. The number of rotatable bonds is 8. The van der Waals surface area contributed by atoms with Crippen LogP contribution in [-0.4, -0.2) is 25.0 Å². The lowest BCUT2D eigenvalue weighted by atomic mass is 10.3. The molecule has 6 nitrogen and oxygen atoms in total. The van der Waals surface area contributed by atoms with Crippen molar-refractivity contribution in [3.05, 3.63) is 57.5 Å². The first-order chi connectivity index (χ1) is 13.0. The highest BCUT2D eigenvalue weighted by Crippen LogP contribution is 2.27. The largest absolute Gasteiger partial charge is 0.492 e. The minimum atomic E-state index is -0.507. The van der Waals surface area contributed by atoms with Gasteiger partial charge in [0.25, 0.3) is 5.91 Å². The molecule has 0 spiro atoms. The van der Waals surface area contributed by atoms with Crippen LogP contribution in [0.3, 0.4) is 0 Å². The molecule has 27 heavy (non-hydrogen) atoms. The van der Waals surface area contributed by atoms with Crippen molar-refractivity contribution in [2.24, 2.45) is 0 Å². The maximum atomic E-state index is 11.7. The van der Waals surface area contributed by atoms with E-state index in [1.807, 2.05) is 0 Å². The number of amides is 2. The number of para-hydroxylation sites is 1. The van der Waals surface area contributed by atoms with Crippen molar-refractivity contribution in [1.29, 1.82) is 0 Å². The lowest BCUT2D eigenvalue weighted by molar-refractivity contribution is -0.130. The summed E-state index contributed by atoms with van der Waals surface area (Å²) in [5.41, 5.74) is 4.56. The number of hydrazine groups is 1. The van der Waals surface area contributed by atoms with Crippen LogP contribution in [0.25, 0.3) is 0 Å². The van der Waals surface area contributed by atoms with Crippen molar-refractivity contribution in [3.8, 4) is 11.5 Å². The fraction of sp³-hybridized carbons (Fsp3) is 0.222. The molecule has 0 fully saturated rings. The van der Waals surface area contributed by atoms with E-state index >= 15 is 0 Å². The van der Waals surface area contributed by atoms with E-state index in [9.17, 15) is 9.59 Å². The van der Waals surface area contributed by atoms with Gasteiger partial charge in [-0.3, -0.25) is 20.4 Å². The summed E-state index contributed by atoms with van der Waals surface area (Å²) in [6.07, 6.45) is 0.605. The summed E-state index contributed by atoms with van der Waals surface area (Å²) in [5.74, 6) is 0.0181. The second kappa shape index (κ2) is 10.9. The number of ether oxygens (including phenoxy) is 2. The van der Waals surface area contributed by atoms with E-state index in [0.29, 0.717) is 39.6 Å². The molecule has 2 N–H and O–H groups in total. The first kappa shape index (κ1) is 21.2. The summed E-state index contributed by atoms with van der Waals surface area (Å²) in [6.45, 7) is 0.0144. The molecule has 2 aromatic carbocycles. The van der Waals surface area contributed by atoms with Crippen LogP contribution in [0.15, 0.2) is 42.5 Å². The van der Waals surface area contributed by atoms with Gasteiger partial charge in [-0.05, 0) is 36.8 Å². The summed E-state index contributed by atoms with van der Waals surface area (Å²) in [4.78, 5) is 23.4. The van der Waals surface area contributed by atoms with E-state index in [1.165, 1.54) is 0 Å². The van der Waals surface area contributed by atoms with Crippen molar-refractivity contribution < 1.29 is 19.1 Å². The number of benzene rings is 2. The first-order valence-electron chi connectivity index (χ1n) is 7.98. The molecule has 0 aliphatic heterocycles. The quantitative estimate of drug-likeness (QED) is 0.489. The van der Waals surface area contributed by atoms with Crippen LogP contribution in [0.4, 0.5) is 0 Å². The molecular formula is C18H17Cl3N2O4. The molecule has 9 heteroatoms. The van der Waals surface area contributed by atoms with Gasteiger partial charge in [0.15, 0.2) is 6.61 Å². The maximum absolute atomic E-state index is 11.7. The standard InChI is InChI=1S/C18H17Cl3N2O4/c19-12-7-8-16(14(21)10-12)26-9-3-6-17(24)22-23-18(25)11-27-15-5-2-1-4-13(15)20/h1-2,4-5,7-8,10H,3,6,9,11H2,(H,22,24)(H,23,25). The van der Waals surface area contributed by atoms with E-state index in [-0.39, 0.29) is 18.9 Å². The van der Waals surface area contributed by atoms with Crippen LogP contribution in [-0.2, 0) is 9.59 Å². The second-order valence-corrected chi connectivity index (χ2v) is 6.59. The number of hydrogen-bond acceptors (Lipinski definition) is 4. The van der Waals surface area contributed by atoms with E-state index in [2.05, 4.69) is 10.9 Å². The van der Waals surface area contributed by atoms with Crippen molar-refractivity contribution in [2.45, 2.75) is 12.8 Å². The Morgan fingerprint density at radius 1 is 0.852 bits per heavy atom. The lowest BCUT2D eigenvalue weighted by Gasteiger charge is -2.10. The van der Waals surface area contributed by atoms with Crippen LogP contribution >= 0.6 is 34.8 Å². The molecule has 0 aliphatic carbocycles. The van der Waals surface area contributed by atoms with Crippen molar-refractivity contribution in [2.75, 3.05) is 13.2 Å². The molecule has 0 unspecified atom stereocenters. The lowest BCUT2D eigenvalue weighted by Crippen LogP contribution is -2.43. The Kier molecular flexibility index (Phi) is 8.51. The predicted molar refractivity (Wildman–Crippen MR) is 104 cm³/mol. The van der Waals surface area contributed by atoms with Crippen LogP contribution < -0.4 is 20.3 Å². The van der Waals surface area contributed by atoms with Gasteiger partial charge < -0.3 is 9.47 Å². The summed E-state index contributed by atoms with van der Waals surface area (Å²) in [5, 5.41) is 1.31. The molecule has 0 atom stereocenters. The Morgan fingerprint density at radius 2 is 1.56 bits per heavy atom. The maximum Gasteiger partial charge on any atom is 0.276 e. The summed E-state index contributed by atoms with van der Waals surface area (Å²) in [7, 11) is 0. The predicted octanol–water partition coefficient (Wildman–Crippen LogP) is 4.03. The van der Waals surface area contributed by atoms with Gasteiger partial charge in [0.1, 0.15) is 11.5 Å². The zero-order valence-electron chi connectivity index (χ0n) is 14.1. The second-order valence-electron chi connectivity index (χ2n) is 5.34. The van der Waals surface area contributed by atoms with E-state index in [4.69, 9.17) is 44.3 Å². The van der Waals surface area contributed by atoms with Gasteiger partial charge >= 0.3 is 0 Å². The molecule has 0 saturated heterocycles. The van der Waals surface area contributed by atoms with E-state index in [1.54, 1.807) is 42.5 Å². The highest BCUT2D eigenvalue weighted by molar-refractivity contribution is 6.35. The zero-order chi connectivity index (χ0) is 19.6. The third kappa shape index (κ3) is 7.54. The number of carbonyl (C=O) groups is 2. The van der Waals surface area contributed by atoms with Gasteiger partial charge in [0.05, 0.1) is 16.7 Å². The van der Waals surface area contributed by atoms with Gasteiger partial charge in [0, 0.05) is 11.4 Å². The molecule has 0 radical (unpaired) electrons. The minimum absolute atomic E-state index is 0.164. The number of hydrogen-bond donors (Lipinski definition) is 2. The molecule has 2 rings (SSSR count). The Hall–Kier alpha value is -2.15. The Labute approximate surface area is 171 Å². The van der Waals surface area contributed by atoms with Gasteiger partial charge in [0.2, 0.25) is 5.91 Å². The molecule has 0 aliphatic rings. The normalized spacial score (nSPS) is 10.2. The Bertz CT molecular complexity index is 802. The van der Waals surface area contributed by atoms with Crippen LogP contribution in [0.5, 0.6) is 11.5 Å². The highest BCUT2D eigenvalue weighted by Gasteiger charge is 2.08.